The largest absolute Gasteiger partial charge is 0.472 e. The van der Waals surface area contributed by atoms with Crippen molar-refractivity contribution in [2.75, 3.05) is 26.4 Å². The lowest BCUT2D eigenvalue weighted by Crippen LogP contribution is -2.29. The van der Waals surface area contributed by atoms with E-state index in [9.17, 15) is 33.8 Å². The van der Waals surface area contributed by atoms with Crippen LogP contribution >= 0.6 is 15.6 Å². The molecule has 0 bridgehead atoms. The molecule has 0 aliphatic heterocycles. The van der Waals surface area contributed by atoms with Crippen molar-refractivity contribution in [2.45, 2.75) is 167 Å². The Labute approximate surface area is 347 Å². The number of aliphatic hydroxyl groups excluding tert-OH is 2. The fraction of sp³-hybridized carbons (Fsp3) is 0.714. The minimum Gasteiger partial charge on any atom is -0.462 e. The van der Waals surface area contributed by atoms with Crippen LogP contribution in [0.1, 0.15) is 149 Å². The summed E-state index contributed by atoms with van der Waals surface area (Å²) in [6.07, 6.45) is 35.3. The zero-order valence-corrected chi connectivity index (χ0v) is 36.8. The molecule has 0 saturated heterocycles. The van der Waals surface area contributed by atoms with Gasteiger partial charge in [-0.1, -0.05) is 126 Å². The van der Waals surface area contributed by atoms with Gasteiger partial charge in [-0.05, 0) is 70.6 Å². The third-order valence-electron chi connectivity index (χ3n) is 8.45. The zero-order valence-electron chi connectivity index (χ0n) is 35.0. The molecule has 0 heterocycles. The molecule has 0 aromatic heterocycles. The molecule has 0 amide bonds. The van der Waals surface area contributed by atoms with E-state index in [0.717, 1.165) is 44.9 Å². The molecule has 0 saturated carbocycles. The minimum atomic E-state index is -4.88. The van der Waals surface area contributed by atoms with Crippen LogP contribution in [0.25, 0.3) is 0 Å². The highest BCUT2D eigenvalue weighted by Crippen LogP contribution is 2.43. The van der Waals surface area contributed by atoms with Gasteiger partial charge >= 0.3 is 27.6 Å². The number of phosphoric acid groups is 2. The Morgan fingerprint density at radius 1 is 0.569 bits per heavy atom. The SMILES string of the molecule is CCCCC/C=C\C=C/[C@H](O)C/C=C\C/C=C/CCCC(=O)O[C@H](COC(=O)CCCCCCC/C=C\CCCCCC)COP(=O)(O)OC[C@@H](O)COP(=O)(O)O. The molecule has 0 spiro atoms. The van der Waals surface area contributed by atoms with Gasteiger partial charge in [0.1, 0.15) is 12.7 Å². The van der Waals surface area contributed by atoms with E-state index < -0.39 is 72.3 Å². The maximum Gasteiger partial charge on any atom is 0.472 e. The van der Waals surface area contributed by atoms with Gasteiger partial charge in [0, 0.05) is 12.8 Å². The van der Waals surface area contributed by atoms with Crippen LogP contribution in [0.3, 0.4) is 0 Å². The molecular weight excluding hydrogens is 790 g/mol. The van der Waals surface area contributed by atoms with E-state index in [-0.39, 0.29) is 12.8 Å². The molecule has 336 valence electrons. The number of hydrogen-bond acceptors (Lipinski definition) is 11. The zero-order chi connectivity index (χ0) is 43.2. The van der Waals surface area contributed by atoms with E-state index in [1.165, 1.54) is 44.9 Å². The Hall–Kier alpha value is -2.22. The normalized spacial score (nSPS) is 15.2. The number of ether oxygens (including phenoxy) is 2. The number of phosphoric ester groups is 2. The summed E-state index contributed by atoms with van der Waals surface area (Å²) in [5.41, 5.74) is 0. The number of rotatable bonds is 39. The number of hydrogen-bond donors (Lipinski definition) is 5. The highest BCUT2D eigenvalue weighted by atomic mass is 31.2. The predicted octanol–water partition coefficient (Wildman–Crippen LogP) is 9.42. The van der Waals surface area contributed by atoms with Crippen molar-refractivity contribution in [1.29, 1.82) is 0 Å². The first-order valence-corrected chi connectivity index (χ1v) is 24.1. The van der Waals surface area contributed by atoms with Crippen LogP contribution in [0.4, 0.5) is 0 Å². The fourth-order valence-corrected chi connectivity index (χ4v) is 6.33. The van der Waals surface area contributed by atoms with Gasteiger partial charge in [-0.3, -0.25) is 23.2 Å². The summed E-state index contributed by atoms with van der Waals surface area (Å²) >= 11 is 0. The summed E-state index contributed by atoms with van der Waals surface area (Å²) < 4.78 is 47.6. The average Bonchev–Trinajstić information content (AvgIpc) is 3.17. The van der Waals surface area contributed by atoms with Gasteiger partial charge in [0.05, 0.1) is 25.9 Å². The van der Waals surface area contributed by atoms with E-state index >= 15 is 0 Å². The van der Waals surface area contributed by atoms with E-state index in [2.05, 4.69) is 41.1 Å². The van der Waals surface area contributed by atoms with Crippen molar-refractivity contribution < 1.29 is 66.7 Å². The van der Waals surface area contributed by atoms with Crippen LogP contribution in [-0.2, 0) is 41.8 Å². The quantitative estimate of drug-likeness (QED) is 0.0128. The van der Waals surface area contributed by atoms with E-state index in [0.29, 0.717) is 32.1 Å². The molecule has 58 heavy (non-hydrogen) atoms. The van der Waals surface area contributed by atoms with Crippen molar-refractivity contribution in [3.63, 3.8) is 0 Å². The van der Waals surface area contributed by atoms with Gasteiger partial charge in [-0.25, -0.2) is 9.13 Å². The summed E-state index contributed by atoms with van der Waals surface area (Å²) in [5.74, 6) is -1.15. The van der Waals surface area contributed by atoms with Gasteiger partial charge < -0.3 is 34.4 Å². The molecule has 14 nitrogen and oxygen atoms in total. The number of carbonyl (C=O) groups excluding carboxylic acids is 2. The molecule has 0 aromatic rings. The van der Waals surface area contributed by atoms with Gasteiger partial charge in [0.2, 0.25) is 0 Å². The van der Waals surface area contributed by atoms with Gasteiger partial charge in [-0.15, -0.1) is 0 Å². The van der Waals surface area contributed by atoms with Crippen LogP contribution in [0, 0.1) is 0 Å². The Morgan fingerprint density at radius 2 is 1.10 bits per heavy atom. The standard InChI is InChI=1S/C42H74O14P2/c1-3-5-7-9-11-12-13-14-15-16-20-24-28-32-41(45)52-36-40(37-55-58(50,51)54-35-39(44)34-53-57(47,48)49)56-42(46)33-29-25-21-17-19-23-27-31-38(43)30-26-22-18-10-8-6-4-2/h12-13,17-18,21-23,26-27,30,38-40,43-44H,3-11,14-16,19-20,24-25,28-29,31-37H2,1-2H3,(H,50,51)(H2,47,48,49)/b13-12-,21-17+,22-18-,27-23-,30-26-/t38-,39-,40+/m0/s1. The maximum absolute atomic E-state index is 12.6. The smallest absolute Gasteiger partial charge is 0.462 e. The lowest BCUT2D eigenvalue weighted by molar-refractivity contribution is -0.161. The van der Waals surface area contributed by atoms with Gasteiger partial charge in [-0.2, -0.15) is 0 Å². The lowest BCUT2D eigenvalue weighted by atomic mass is 10.1. The monoisotopic (exact) mass is 864 g/mol. The Bertz CT molecular complexity index is 1280. The highest BCUT2D eigenvalue weighted by molar-refractivity contribution is 7.47. The molecule has 5 N–H and O–H groups in total. The van der Waals surface area contributed by atoms with Crippen LogP contribution in [0.5, 0.6) is 0 Å². The molecule has 0 rings (SSSR count). The summed E-state index contributed by atoms with van der Waals surface area (Å²) in [5, 5.41) is 19.8. The van der Waals surface area contributed by atoms with E-state index in [1.807, 2.05) is 36.5 Å². The number of esters is 2. The Kier molecular flexibility index (Phi) is 36.3. The maximum atomic E-state index is 12.6. The topological polar surface area (TPSA) is 216 Å². The Balaban J connectivity index is 4.72. The molecule has 0 fully saturated rings. The highest BCUT2D eigenvalue weighted by Gasteiger charge is 2.28. The molecule has 1 unspecified atom stereocenters. The second kappa shape index (κ2) is 37.8. The Morgan fingerprint density at radius 3 is 1.81 bits per heavy atom. The lowest BCUT2D eigenvalue weighted by Gasteiger charge is -2.20. The summed E-state index contributed by atoms with van der Waals surface area (Å²) in [6, 6.07) is 0. The molecule has 0 aliphatic rings. The third-order valence-corrected chi connectivity index (χ3v) is 9.89. The van der Waals surface area contributed by atoms with E-state index in [4.69, 9.17) is 23.8 Å². The summed E-state index contributed by atoms with van der Waals surface area (Å²) in [6.45, 7) is 1.54. The van der Waals surface area contributed by atoms with Crippen molar-refractivity contribution in [1.82, 2.24) is 0 Å². The molecule has 0 aliphatic carbocycles. The molecule has 0 radical (unpaired) electrons. The second-order valence-electron chi connectivity index (χ2n) is 14.1. The van der Waals surface area contributed by atoms with Gasteiger partial charge in [0.15, 0.2) is 6.10 Å². The van der Waals surface area contributed by atoms with E-state index in [1.54, 1.807) is 6.08 Å². The third kappa shape index (κ3) is 40.6. The van der Waals surface area contributed by atoms with Crippen LogP contribution in [0.15, 0.2) is 60.8 Å². The van der Waals surface area contributed by atoms with Crippen molar-refractivity contribution in [2.24, 2.45) is 0 Å². The van der Waals surface area contributed by atoms with Gasteiger partial charge in [0.25, 0.3) is 0 Å². The van der Waals surface area contributed by atoms with Crippen molar-refractivity contribution in [3.8, 4) is 0 Å². The predicted molar refractivity (Wildman–Crippen MR) is 227 cm³/mol. The number of aliphatic hydroxyl groups is 2. The van der Waals surface area contributed by atoms with Crippen LogP contribution in [-0.4, -0.2) is 81.6 Å². The van der Waals surface area contributed by atoms with Crippen LogP contribution < -0.4 is 0 Å². The molecule has 4 atom stereocenters. The van der Waals surface area contributed by atoms with Crippen molar-refractivity contribution >= 4 is 27.6 Å². The number of allylic oxidation sites excluding steroid dienone is 8. The van der Waals surface area contributed by atoms with Crippen LogP contribution in [0.2, 0.25) is 0 Å². The van der Waals surface area contributed by atoms with Crippen molar-refractivity contribution in [3.05, 3.63) is 60.8 Å². The first-order valence-electron chi connectivity index (χ1n) is 21.1. The first-order chi connectivity index (χ1) is 27.8. The summed E-state index contributed by atoms with van der Waals surface area (Å²) in [7, 11) is -9.72. The molecular formula is C42H74O14P2. The number of unbranched alkanes of at least 4 members (excludes halogenated alkanes) is 13. The minimum absolute atomic E-state index is 0.0179. The molecule has 0 aromatic carbocycles. The summed E-state index contributed by atoms with van der Waals surface area (Å²) in [4.78, 5) is 52.6. The second-order valence-corrected chi connectivity index (χ2v) is 16.8. The first kappa shape index (κ1) is 55.8. The average molecular weight is 865 g/mol. The molecule has 16 heteroatoms. The fourth-order valence-electron chi connectivity index (χ4n) is 5.18. The number of carbonyl (C=O) groups is 2.